The molecule has 0 saturated heterocycles. The number of amides is 1. The van der Waals surface area contributed by atoms with Gasteiger partial charge in [-0.3, -0.25) is 4.79 Å². The molecular weight excluding hydrogens is 352 g/mol. The number of hydrogen-bond acceptors (Lipinski definition) is 4. The van der Waals surface area contributed by atoms with E-state index < -0.39 is 5.72 Å². The van der Waals surface area contributed by atoms with Crippen LogP contribution in [0.3, 0.4) is 0 Å². The maximum atomic E-state index is 13.2. The van der Waals surface area contributed by atoms with Crippen molar-refractivity contribution in [2.24, 2.45) is 5.10 Å². The first-order valence-corrected chi connectivity index (χ1v) is 9.57. The number of rotatable bonds is 4. The molecule has 1 amide bonds. The number of carbonyl (C=O) groups is 1. The van der Waals surface area contributed by atoms with E-state index in [9.17, 15) is 9.90 Å². The van der Waals surface area contributed by atoms with Gasteiger partial charge in [0.05, 0.1) is 7.11 Å². The summed E-state index contributed by atoms with van der Waals surface area (Å²) in [6.07, 6.45) is 0.965. The van der Waals surface area contributed by atoms with Crippen molar-refractivity contribution in [2.75, 3.05) is 7.11 Å². The van der Waals surface area contributed by atoms with Crippen LogP contribution < -0.4 is 4.74 Å². The van der Waals surface area contributed by atoms with E-state index in [-0.39, 0.29) is 11.3 Å². The number of benzene rings is 2. The second kappa shape index (κ2) is 7.40. The number of ether oxygens (including phenoxy) is 1. The Morgan fingerprint density at radius 3 is 2.25 bits per heavy atom. The van der Waals surface area contributed by atoms with E-state index in [0.29, 0.717) is 29.7 Å². The fourth-order valence-corrected chi connectivity index (χ4v) is 3.35. The summed E-state index contributed by atoms with van der Waals surface area (Å²) in [5.41, 5.74) is 1.55. The van der Waals surface area contributed by atoms with Gasteiger partial charge < -0.3 is 9.84 Å². The zero-order valence-corrected chi connectivity index (χ0v) is 17.2. The number of carbonyl (C=O) groups excluding carboxylic acids is 1. The van der Waals surface area contributed by atoms with E-state index in [0.717, 1.165) is 11.3 Å². The summed E-state index contributed by atoms with van der Waals surface area (Å²) in [6.45, 7) is 8.36. The van der Waals surface area contributed by atoms with E-state index in [1.165, 1.54) is 5.01 Å². The first kappa shape index (κ1) is 20.1. The topological polar surface area (TPSA) is 62.1 Å². The molecule has 0 saturated carbocycles. The van der Waals surface area contributed by atoms with Gasteiger partial charge in [-0.25, -0.2) is 0 Å². The van der Waals surface area contributed by atoms with Gasteiger partial charge in [-0.15, -0.1) is 0 Å². The van der Waals surface area contributed by atoms with Crippen molar-refractivity contribution < 1.29 is 14.6 Å². The fraction of sp³-hybridized carbons (Fsp3) is 0.391. The molecule has 0 fully saturated rings. The second-order valence-electron chi connectivity index (χ2n) is 8.19. The van der Waals surface area contributed by atoms with Crippen LogP contribution in [0.4, 0.5) is 0 Å². The average molecular weight is 380 g/mol. The van der Waals surface area contributed by atoms with Gasteiger partial charge in [0, 0.05) is 23.3 Å². The maximum Gasteiger partial charge on any atom is 0.276 e. The molecule has 0 aliphatic carbocycles. The van der Waals surface area contributed by atoms with Gasteiger partial charge in [-0.1, -0.05) is 52.0 Å². The lowest BCUT2D eigenvalue weighted by atomic mass is 9.86. The van der Waals surface area contributed by atoms with Crippen LogP contribution in [0.5, 0.6) is 5.75 Å². The molecule has 1 atom stereocenters. The van der Waals surface area contributed by atoms with Crippen molar-refractivity contribution in [1.82, 2.24) is 5.01 Å². The van der Waals surface area contributed by atoms with E-state index in [1.54, 1.807) is 43.5 Å². The van der Waals surface area contributed by atoms with Gasteiger partial charge in [-0.05, 0) is 41.7 Å². The maximum absolute atomic E-state index is 13.2. The molecule has 1 aliphatic rings. The van der Waals surface area contributed by atoms with Crippen LogP contribution in [0.1, 0.15) is 62.0 Å². The molecule has 0 unspecified atom stereocenters. The summed E-state index contributed by atoms with van der Waals surface area (Å²) in [4.78, 5) is 13.2. The molecule has 0 bridgehead atoms. The zero-order chi connectivity index (χ0) is 20.5. The minimum absolute atomic E-state index is 0.00653. The van der Waals surface area contributed by atoms with Crippen molar-refractivity contribution in [1.29, 1.82) is 0 Å². The Kier molecular flexibility index (Phi) is 5.31. The van der Waals surface area contributed by atoms with Crippen LogP contribution in [-0.4, -0.2) is 28.8 Å². The minimum Gasteiger partial charge on any atom is -0.497 e. The predicted molar refractivity (Wildman–Crippen MR) is 111 cm³/mol. The van der Waals surface area contributed by atoms with Crippen LogP contribution >= 0.6 is 0 Å². The van der Waals surface area contributed by atoms with Gasteiger partial charge >= 0.3 is 0 Å². The van der Waals surface area contributed by atoms with Crippen LogP contribution in [0.25, 0.3) is 0 Å². The first-order chi connectivity index (χ1) is 13.2. The lowest BCUT2D eigenvalue weighted by Gasteiger charge is -2.31. The third kappa shape index (κ3) is 3.67. The largest absolute Gasteiger partial charge is 0.497 e. The number of methoxy groups -OCH3 is 1. The lowest BCUT2D eigenvalue weighted by Crippen LogP contribution is -2.43. The molecular formula is C23H28N2O3. The molecule has 28 heavy (non-hydrogen) atoms. The van der Waals surface area contributed by atoms with Gasteiger partial charge in [0.25, 0.3) is 5.91 Å². The Balaban J connectivity index is 1.96. The van der Waals surface area contributed by atoms with Gasteiger partial charge in [0.1, 0.15) is 5.75 Å². The third-order valence-electron chi connectivity index (χ3n) is 5.19. The number of hydrazone groups is 1. The van der Waals surface area contributed by atoms with Gasteiger partial charge in [0.15, 0.2) is 5.72 Å². The summed E-state index contributed by atoms with van der Waals surface area (Å²) in [6, 6.07) is 14.6. The fourth-order valence-electron chi connectivity index (χ4n) is 3.35. The highest BCUT2D eigenvalue weighted by atomic mass is 16.5. The molecule has 1 heterocycles. The van der Waals surface area contributed by atoms with Crippen molar-refractivity contribution in [3.8, 4) is 5.75 Å². The highest BCUT2D eigenvalue weighted by molar-refractivity contribution is 5.98. The Bertz CT molecular complexity index is 880. The van der Waals surface area contributed by atoms with Crippen LogP contribution in [-0.2, 0) is 11.1 Å². The minimum atomic E-state index is -1.50. The molecule has 0 aromatic heterocycles. The monoisotopic (exact) mass is 380 g/mol. The molecule has 2 aromatic rings. The summed E-state index contributed by atoms with van der Waals surface area (Å²) < 4.78 is 5.20. The number of hydrogen-bond donors (Lipinski definition) is 1. The van der Waals surface area contributed by atoms with E-state index >= 15 is 0 Å². The quantitative estimate of drug-likeness (QED) is 0.852. The standard InChI is InChI=1S/C23H28N2O3/c1-6-19-15-23(27,18-11-13-20(28-5)14-12-18)25(24-19)21(26)16-7-9-17(10-8-16)22(2,3)4/h7-14,27H,6,15H2,1-5H3/t23-/m1/s1. The van der Waals surface area contributed by atoms with Crippen LogP contribution in [0.2, 0.25) is 0 Å². The Hall–Kier alpha value is -2.66. The molecule has 3 rings (SSSR count). The highest BCUT2D eigenvalue weighted by Gasteiger charge is 2.45. The smallest absolute Gasteiger partial charge is 0.276 e. The molecule has 2 aromatic carbocycles. The average Bonchev–Trinajstić information content (AvgIpc) is 3.05. The van der Waals surface area contributed by atoms with E-state index in [1.807, 2.05) is 19.1 Å². The number of aliphatic hydroxyl groups is 1. The lowest BCUT2D eigenvalue weighted by molar-refractivity contribution is -0.0765. The van der Waals surface area contributed by atoms with Gasteiger partial charge in [0.2, 0.25) is 0 Å². The molecule has 1 aliphatic heterocycles. The Morgan fingerprint density at radius 1 is 1.14 bits per heavy atom. The normalized spacial score (nSPS) is 19.5. The zero-order valence-electron chi connectivity index (χ0n) is 17.2. The molecule has 1 N–H and O–H groups in total. The summed E-state index contributed by atoms with van der Waals surface area (Å²) in [5, 5.41) is 17.1. The highest BCUT2D eigenvalue weighted by Crippen LogP contribution is 2.37. The van der Waals surface area contributed by atoms with Gasteiger partial charge in [-0.2, -0.15) is 10.1 Å². The molecule has 5 heteroatoms. The van der Waals surface area contributed by atoms with Crippen LogP contribution in [0.15, 0.2) is 53.6 Å². The summed E-state index contributed by atoms with van der Waals surface area (Å²) in [5.74, 6) is 0.375. The van der Waals surface area contributed by atoms with Crippen molar-refractivity contribution >= 4 is 11.6 Å². The first-order valence-electron chi connectivity index (χ1n) is 9.57. The van der Waals surface area contributed by atoms with E-state index in [4.69, 9.17) is 4.74 Å². The molecule has 148 valence electrons. The third-order valence-corrected chi connectivity index (χ3v) is 5.19. The second-order valence-corrected chi connectivity index (χ2v) is 8.19. The SMILES string of the molecule is CCC1=NN(C(=O)c2ccc(C(C)(C)C)cc2)[C@](O)(c2ccc(OC)cc2)C1. The van der Waals surface area contributed by atoms with Crippen molar-refractivity contribution in [2.45, 2.75) is 51.7 Å². The molecule has 0 spiro atoms. The van der Waals surface area contributed by atoms with E-state index in [2.05, 4.69) is 25.9 Å². The summed E-state index contributed by atoms with van der Waals surface area (Å²) >= 11 is 0. The Labute approximate surface area is 166 Å². The molecule has 5 nitrogen and oxygen atoms in total. The van der Waals surface area contributed by atoms with Crippen molar-refractivity contribution in [3.05, 3.63) is 65.2 Å². The number of nitrogens with zero attached hydrogens (tertiary/aromatic N) is 2. The van der Waals surface area contributed by atoms with Crippen molar-refractivity contribution in [3.63, 3.8) is 0 Å². The van der Waals surface area contributed by atoms with Crippen LogP contribution in [0, 0.1) is 0 Å². The Morgan fingerprint density at radius 2 is 1.75 bits per heavy atom. The molecule has 0 radical (unpaired) electrons. The predicted octanol–water partition coefficient (Wildman–Crippen LogP) is 4.45. The summed E-state index contributed by atoms with van der Waals surface area (Å²) in [7, 11) is 1.59.